The first-order valence-electron chi connectivity index (χ1n) is 9.78. The van der Waals surface area contributed by atoms with Crippen molar-refractivity contribution in [1.82, 2.24) is 15.5 Å². The normalized spacial score (nSPS) is 29.5. The summed E-state index contributed by atoms with van der Waals surface area (Å²) in [6.45, 7) is 2.10. The van der Waals surface area contributed by atoms with E-state index in [1.807, 2.05) is 12.1 Å². The van der Waals surface area contributed by atoms with E-state index in [1.165, 1.54) is 0 Å². The zero-order valence-electron chi connectivity index (χ0n) is 15.7. The number of piperidine rings is 1. The highest BCUT2D eigenvalue weighted by Gasteiger charge is 2.41. The third kappa shape index (κ3) is 3.55. The molecule has 2 heterocycles. The van der Waals surface area contributed by atoms with Gasteiger partial charge in [0.2, 0.25) is 11.8 Å². The zero-order chi connectivity index (χ0) is 19.9. The van der Waals surface area contributed by atoms with E-state index in [1.54, 1.807) is 11.0 Å². The molecule has 3 amide bonds. The average Bonchev–Trinajstić information content (AvgIpc) is 2.95. The van der Waals surface area contributed by atoms with Gasteiger partial charge in [-0.15, -0.1) is 0 Å². The van der Waals surface area contributed by atoms with Crippen LogP contribution in [0.15, 0.2) is 18.2 Å². The fourth-order valence-corrected chi connectivity index (χ4v) is 4.50. The fraction of sp³-hybridized carbons (Fsp3) is 0.550. The summed E-state index contributed by atoms with van der Waals surface area (Å²) in [5, 5.41) is 16.0. The number of benzene rings is 1. The molecule has 0 spiro atoms. The van der Waals surface area contributed by atoms with Crippen molar-refractivity contribution in [2.24, 2.45) is 11.7 Å². The van der Waals surface area contributed by atoms with Crippen LogP contribution in [0.25, 0.3) is 0 Å². The van der Waals surface area contributed by atoms with E-state index in [0.29, 0.717) is 44.1 Å². The minimum Gasteiger partial charge on any atom is -0.389 e. The van der Waals surface area contributed by atoms with Crippen LogP contribution in [0.5, 0.6) is 0 Å². The van der Waals surface area contributed by atoms with Crippen molar-refractivity contribution in [3.05, 3.63) is 34.9 Å². The number of aliphatic hydroxyl groups is 1. The molecule has 8 heteroatoms. The second-order valence-electron chi connectivity index (χ2n) is 8.23. The van der Waals surface area contributed by atoms with Crippen LogP contribution in [0.1, 0.15) is 47.2 Å². The van der Waals surface area contributed by atoms with Crippen LogP contribution in [-0.4, -0.2) is 52.5 Å². The van der Waals surface area contributed by atoms with Gasteiger partial charge in [0.15, 0.2) is 0 Å². The summed E-state index contributed by atoms with van der Waals surface area (Å²) in [7, 11) is 0. The number of nitrogens with one attached hydrogen (secondary N) is 2. The third-order valence-corrected chi connectivity index (χ3v) is 6.04. The first-order valence-corrected chi connectivity index (χ1v) is 9.78. The molecule has 3 aliphatic rings. The number of hydrogen-bond donors (Lipinski definition) is 4. The molecule has 1 saturated carbocycles. The summed E-state index contributed by atoms with van der Waals surface area (Å²) >= 11 is 0. The Bertz CT molecular complexity index is 818. The molecule has 1 atom stereocenters. The Morgan fingerprint density at radius 1 is 1.29 bits per heavy atom. The summed E-state index contributed by atoms with van der Waals surface area (Å²) in [4.78, 5) is 37.7. The Hall–Kier alpha value is -2.29. The summed E-state index contributed by atoms with van der Waals surface area (Å²) < 4.78 is 0. The highest BCUT2D eigenvalue weighted by molar-refractivity contribution is 6.05. The van der Waals surface area contributed by atoms with Crippen LogP contribution in [0.3, 0.4) is 0 Å². The Labute approximate surface area is 163 Å². The van der Waals surface area contributed by atoms with Crippen molar-refractivity contribution in [3.63, 3.8) is 0 Å². The van der Waals surface area contributed by atoms with Crippen LogP contribution < -0.4 is 16.4 Å². The number of nitrogens with zero attached hydrogens (tertiary/aromatic N) is 1. The standard InChI is InChI=1S/C20H26N4O4/c21-8-13-6-20(28,7-13)11-22-9-12-1-2-15-14(5-12)10-24(19(15)27)16-3-4-17(25)23-18(16)26/h1-2,5,13,16,22,28H,3-4,6-11,21H2,(H,23,25,26). The van der Waals surface area contributed by atoms with Crippen molar-refractivity contribution in [2.75, 3.05) is 13.1 Å². The summed E-state index contributed by atoms with van der Waals surface area (Å²) in [6, 6.07) is 5.07. The SMILES string of the molecule is NCC1CC(O)(CNCc2ccc3c(c2)CN(C2CCC(=O)NC2=O)C3=O)C1. The van der Waals surface area contributed by atoms with Crippen LogP contribution >= 0.6 is 0 Å². The molecule has 2 fully saturated rings. The Kier molecular flexibility index (Phi) is 4.95. The van der Waals surface area contributed by atoms with Crippen molar-refractivity contribution >= 4 is 17.7 Å². The van der Waals surface area contributed by atoms with E-state index in [4.69, 9.17) is 5.73 Å². The summed E-state index contributed by atoms with van der Waals surface area (Å²) in [6.07, 6.45) is 2.08. The number of imide groups is 1. The molecule has 1 unspecified atom stereocenters. The van der Waals surface area contributed by atoms with Gasteiger partial charge in [-0.1, -0.05) is 12.1 Å². The molecule has 2 aliphatic heterocycles. The topological polar surface area (TPSA) is 125 Å². The number of carbonyl (C=O) groups excluding carboxylic acids is 3. The maximum absolute atomic E-state index is 12.7. The molecule has 1 saturated heterocycles. The largest absolute Gasteiger partial charge is 0.389 e. The highest BCUT2D eigenvalue weighted by atomic mass is 16.3. The van der Waals surface area contributed by atoms with Gasteiger partial charge in [-0.25, -0.2) is 0 Å². The van der Waals surface area contributed by atoms with Crippen LogP contribution in [0.2, 0.25) is 0 Å². The molecule has 0 aromatic heterocycles. The summed E-state index contributed by atoms with van der Waals surface area (Å²) in [5.41, 5.74) is 7.47. The van der Waals surface area contributed by atoms with Gasteiger partial charge in [-0.2, -0.15) is 0 Å². The molecule has 0 radical (unpaired) electrons. The lowest BCUT2D eigenvalue weighted by molar-refractivity contribution is -0.136. The lowest BCUT2D eigenvalue weighted by Crippen LogP contribution is -2.52. The summed E-state index contributed by atoms with van der Waals surface area (Å²) in [5.74, 6) is -0.440. The predicted molar refractivity (Wildman–Crippen MR) is 101 cm³/mol. The molecular formula is C20H26N4O4. The van der Waals surface area contributed by atoms with Crippen molar-refractivity contribution in [1.29, 1.82) is 0 Å². The van der Waals surface area contributed by atoms with Gasteiger partial charge in [-0.05, 0) is 48.9 Å². The fourth-order valence-electron chi connectivity index (χ4n) is 4.50. The number of carbonyl (C=O) groups is 3. The van der Waals surface area contributed by atoms with E-state index in [2.05, 4.69) is 10.6 Å². The Balaban J connectivity index is 1.36. The number of amides is 3. The molecule has 4 rings (SSSR count). The van der Waals surface area contributed by atoms with Gasteiger partial charge in [0.25, 0.3) is 5.91 Å². The first kappa shape index (κ1) is 19.0. The number of rotatable bonds is 6. The second kappa shape index (κ2) is 7.27. The average molecular weight is 386 g/mol. The maximum Gasteiger partial charge on any atom is 0.255 e. The van der Waals surface area contributed by atoms with Gasteiger partial charge in [0, 0.05) is 31.6 Å². The van der Waals surface area contributed by atoms with Gasteiger partial charge >= 0.3 is 0 Å². The van der Waals surface area contributed by atoms with Crippen molar-refractivity contribution in [3.8, 4) is 0 Å². The minimum atomic E-state index is -0.667. The lowest BCUT2D eigenvalue weighted by Gasteiger charge is -2.43. The van der Waals surface area contributed by atoms with Gasteiger partial charge in [0.05, 0.1) is 5.60 Å². The second-order valence-corrected chi connectivity index (χ2v) is 8.23. The van der Waals surface area contributed by atoms with Crippen LogP contribution in [0.4, 0.5) is 0 Å². The number of hydrogen-bond acceptors (Lipinski definition) is 6. The smallest absolute Gasteiger partial charge is 0.255 e. The van der Waals surface area contributed by atoms with Crippen LogP contribution in [-0.2, 0) is 22.7 Å². The molecule has 1 aliphatic carbocycles. The Morgan fingerprint density at radius 2 is 2.07 bits per heavy atom. The molecule has 1 aromatic rings. The lowest BCUT2D eigenvalue weighted by atomic mass is 9.71. The van der Waals surface area contributed by atoms with E-state index < -0.39 is 17.6 Å². The molecule has 150 valence electrons. The quantitative estimate of drug-likeness (QED) is 0.495. The van der Waals surface area contributed by atoms with Gasteiger partial charge < -0.3 is 21.1 Å². The van der Waals surface area contributed by atoms with E-state index in [9.17, 15) is 19.5 Å². The van der Waals surface area contributed by atoms with Crippen molar-refractivity contribution in [2.45, 2.75) is 50.4 Å². The molecule has 8 nitrogen and oxygen atoms in total. The number of nitrogens with two attached hydrogens (primary N) is 1. The molecule has 28 heavy (non-hydrogen) atoms. The van der Waals surface area contributed by atoms with Crippen molar-refractivity contribution < 1.29 is 19.5 Å². The molecule has 0 bridgehead atoms. The monoisotopic (exact) mass is 386 g/mol. The highest BCUT2D eigenvalue weighted by Crippen LogP contribution is 2.36. The number of fused-ring (bicyclic) bond motifs is 1. The predicted octanol–water partition coefficient (Wildman–Crippen LogP) is -0.363. The Morgan fingerprint density at radius 3 is 2.79 bits per heavy atom. The van der Waals surface area contributed by atoms with E-state index in [-0.39, 0.29) is 18.2 Å². The molecule has 5 N–H and O–H groups in total. The van der Waals surface area contributed by atoms with E-state index >= 15 is 0 Å². The van der Waals surface area contributed by atoms with Crippen LogP contribution in [0, 0.1) is 5.92 Å². The minimum absolute atomic E-state index is 0.166. The van der Waals surface area contributed by atoms with Gasteiger partial charge in [0.1, 0.15) is 6.04 Å². The third-order valence-electron chi connectivity index (χ3n) is 6.04. The zero-order valence-corrected chi connectivity index (χ0v) is 15.7. The van der Waals surface area contributed by atoms with E-state index in [0.717, 1.165) is 24.0 Å². The first-order chi connectivity index (χ1) is 13.4. The maximum atomic E-state index is 12.7. The molecule has 1 aromatic carbocycles. The van der Waals surface area contributed by atoms with Gasteiger partial charge in [-0.3, -0.25) is 19.7 Å². The molecular weight excluding hydrogens is 360 g/mol.